The van der Waals surface area contributed by atoms with Gasteiger partial charge in [0, 0.05) is 25.7 Å². The van der Waals surface area contributed by atoms with Gasteiger partial charge in [0.15, 0.2) is 0 Å². The molecule has 1 saturated heterocycles. The first-order valence-corrected chi connectivity index (χ1v) is 5.47. The highest BCUT2D eigenvalue weighted by molar-refractivity contribution is 4.83. The normalized spacial score (nSPS) is 28.7. The Labute approximate surface area is 87.5 Å². The Morgan fingerprint density at radius 3 is 2.50 bits per heavy atom. The van der Waals surface area contributed by atoms with Gasteiger partial charge in [-0.3, -0.25) is 0 Å². The zero-order valence-corrected chi connectivity index (χ0v) is 9.88. The number of nitrogens with one attached hydrogen (secondary N) is 1. The molecule has 0 saturated carbocycles. The Hall–Kier alpha value is -0.120. The SMILES string of the molecule is CN(CC1CC(O)CN1)CC(C)(C)C. The predicted molar refractivity (Wildman–Crippen MR) is 59.4 cm³/mol. The zero-order valence-electron chi connectivity index (χ0n) is 9.88. The minimum atomic E-state index is -0.136. The molecular weight excluding hydrogens is 176 g/mol. The van der Waals surface area contributed by atoms with Gasteiger partial charge in [-0.1, -0.05) is 20.8 Å². The van der Waals surface area contributed by atoms with Crippen LogP contribution in [-0.2, 0) is 0 Å². The summed E-state index contributed by atoms with van der Waals surface area (Å²) < 4.78 is 0. The van der Waals surface area contributed by atoms with Crippen molar-refractivity contribution in [3.05, 3.63) is 0 Å². The van der Waals surface area contributed by atoms with Crippen molar-refractivity contribution < 1.29 is 5.11 Å². The van der Waals surface area contributed by atoms with Crippen molar-refractivity contribution in [1.29, 1.82) is 0 Å². The number of β-amino-alcohol motifs (C(OH)–C–C–N with tert-alkyl or cyclic N) is 1. The number of aliphatic hydroxyl groups excluding tert-OH is 1. The van der Waals surface area contributed by atoms with Gasteiger partial charge < -0.3 is 15.3 Å². The molecule has 14 heavy (non-hydrogen) atoms. The van der Waals surface area contributed by atoms with Gasteiger partial charge >= 0.3 is 0 Å². The maximum Gasteiger partial charge on any atom is 0.0680 e. The largest absolute Gasteiger partial charge is 0.392 e. The second kappa shape index (κ2) is 4.60. The van der Waals surface area contributed by atoms with Crippen LogP contribution in [0.25, 0.3) is 0 Å². The highest BCUT2D eigenvalue weighted by Gasteiger charge is 2.24. The second-order valence-corrected chi connectivity index (χ2v) is 5.75. The molecule has 84 valence electrons. The van der Waals surface area contributed by atoms with Gasteiger partial charge in [-0.15, -0.1) is 0 Å². The van der Waals surface area contributed by atoms with Crippen molar-refractivity contribution in [3.63, 3.8) is 0 Å². The smallest absolute Gasteiger partial charge is 0.0680 e. The van der Waals surface area contributed by atoms with Crippen LogP contribution >= 0.6 is 0 Å². The van der Waals surface area contributed by atoms with Crippen LogP contribution in [0.3, 0.4) is 0 Å². The molecule has 0 aromatic rings. The number of hydrogen-bond acceptors (Lipinski definition) is 3. The highest BCUT2D eigenvalue weighted by atomic mass is 16.3. The molecule has 0 amide bonds. The number of likely N-dealkylation sites (N-methyl/N-ethyl adjacent to an activating group) is 1. The number of hydrogen-bond donors (Lipinski definition) is 2. The van der Waals surface area contributed by atoms with E-state index in [1.54, 1.807) is 0 Å². The monoisotopic (exact) mass is 200 g/mol. The van der Waals surface area contributed by atoms with Gasteiger partial charge in [0.1, 0.15) is 0 Å². The molecular formula is C11H24N2O. The van der Waals surface area contributed by atoms with E-state index in [9.17, 15) is 5.11 Å². The number of rotatable bonds is 3. The van der Waals surface area contributed by atoms with Crippen LogP contribution in [0.5, 0.6) is 0 Å². The molecule has 0 aromatic carbocycles. The Kier molecular flexibility index (Phi) is 3.93. The van der Waals surface area contributed by atoms with E-state index in [1.807, 2.05) is 0 Å². The fourth-order valence-electron chi connectivity index (χ4n) is 2.19. The van der Waals surface area contributed by atoms with Crippen LogP contribution < -0.4 is 5.32 Å². The van der Waals surface area contributed by atoms with E-state index < -0.39 is 0 Å². The predicted octanol–water partition coefficient (Wildman–Crippen LogP) is 0.687. The van der Waals surface area contributed by atoms with Crippen molar-refractivity contribution in [2.45, 2.75) is 39.3 Å². The Balaban J connectivity index is 2.24. The van der Waals surface area contributed by atoms with Crippen LogP contribution in [0.2, 0.25) is 0 Å². The van der Waals surface area contributed by atoms with Crippen molar-refractivity contribution in [1.82, 2.24) is 10.2 Å². The van der Waals surface area contributed by atoms with E-state index in [0.717, 1.165) is 26.1 Å². The van der Waals surface area contributed by atoms with Crippen LogP contribution in [0.1, 0.15) is 27.2 Å². The first-order chi connectivity index (χ1) is 6.37. The van der Waals surface area contributed by atoms with Crippen LogP contribution in [0.4, 0.5) is 0 Å². The zero-order chi connectivity index (χ0) is 10.8. The standard InChI is InChI=1S/C11H24N2O/c1-11(2,3)8-13(4)7-9-5-10(14)6-12-9/h9-10,12,14H,5-8H2,1-4H3. The van der Waals surface area contributed by atoms with E-state index in [2.05, 4.69) is 38.0 Å². The molecule has 0 radical (unpaired) electrons. The Morgan fingerprint density at radius 1 is 1.43 bits per heavy atom. The fraction of sp³-hybridized carbons (Fsp3) is 1.00. The van der Waals surface area contributed by atoms with Crippen molar-refractivity contribution in [3.8, 4) is 0 Å². The molecule has 1 aliphatic rings. The summed E-state index contributed by atoms with van der Waals surface area (Å²) in [6.07, 6.45) is 0.761. The topological polar surface area (TPSA) is 35.5 Å². The molecule has 0 aliphatic carbocycles. The Bertz CT molecular complexity index is 177. The van der Waals surface area contributed by atoms with Gasteiger partial charge in [0.05, 0.1) is 6.10 Å². The molecule has 1 fully saturated rings. The van der Waals surface area contributed by atoms with E-state index >= 15 is 0 Å². The molecule has 1 aliphatic heterocycles. The first kappa shape index (κ1) is 12.0. The summed E-state index contributed by atoms with van der Waals surface area (Å²) in [4.78, 5) is 2.34. The highest BCUT2D eigenvalue weighted by Crippen LogP contribution is 2.15. The van der Waals surface area contributed by atoms with E-state index in [1.165, 1.54) is 0 Å². The minimum absolute atomic E-state index is 0.136. The lowest BCUT2D eigenvalue weighted by Gasteiger charge is -2.28. The molecule has 1 rings (SSSR count). The third kappa shape index (κ3) is 4.40. The lowest BCUT2D eigenvalue weighted by atomic mass is 9.96. The van der Waals surface area contributed by atoms with Crippen molar-refractivity contribution in [2.24, 2.45) is 5.41 Å². The van der Waals surface area contributed by atoms with Crippen LogP contribution in [0, 0.1) is 5.41 Å². The first-order valence-electron chi connectivity index (χ1n) is 5.47. The summed E-state index contributed by atoms with van der Waals surface area (Å²) in [6, 6.07) is 0.470. The van der Waals surface area contributed by atoms with Gasteiger partial charge in [0.25, 0.3) is 0 Å². The molecule has 3 heteroatoms. The maximum atomic E-state index is 9.36. The molecule has 2 N–H and O–H groups in total. The quantitative estimate of drug-likeness (QED) is 0.703. The van der Waals surface area contributed by atoms with Gasteiger partial charge in [-0.25, -0.2) is 0 Å². The van der Waals surface area contributed by atoms with Crippen molar-refractivity contribution >= 4 is 0 Å². The van der Waals surface area contributed by atoms with Crippen LogP contribution in [0.15, 0.2) is 0 Å². The lowest BCUT2D eigenvalue weighted by molar-refractivity contribution is 0.182. The summed E-state index contributed by atoms with van der Waals surface area (Å²) in [5.41, 5.74) is 0.353. The Morgan fingerprint density at radius 2 is 2.07 bits per heavy atom. The van der Waals surface area contributed by atoms with E-state index in [-0.39, 0.29) is 6.10 Å². The maximum absolute atomic E-state index is 9.36. The van der Waals surface area contributed by atoms with Crippen molar-refractivity contribution in [2.75, 3.05) is 26.7 Å². The fourth-order valence-corrected chi connectivity index (χ4v) is 2.19. The van der Waals surface area contributed by atoms with Gasteiger partial charge in [-0.05, 0) is 18.9 Å². The number of aliphatic hydroxyl groups is 1. The summed E-state index contributed by atoms with van der Waals surface area (Å²) >= 11 is 0. The van der Waals surface area contributed by atoms with E-state index in [4.69, 9.17) is 0 Å². The molecule has 0 aromatic heterocycles. The molecule has 0 spiro atoms. The molecule has 2 atom stereocenters. The van der Waals surface area contributed by atoms with Gasteiger partial charge in [-0.2, -0.15) is 0 Å². The molecule has 0 bridgehead atoms. The molecule has 3 nitrogen and oxygen atoms in total. The second-order valence-electron chi connectivity index (χ2n) is 5.75. The van der Waals surface area contributed by atoms with Crippen LogP contribution in [-0.4, -0.2) is 48.8 Å². The third-order valence-corrected chi connectivity index (χ3v) is 2.48. The summed E-state index contributed by atoms with van der Waals surface area (Å²) in [7, 11) is 2.15. The lowest BCUT2D eigenvalue weighted by Crippen LogP contribution is -2.39. The summed E-state index contributed by atoms with van der Waals surface area (Å²) in [5.74, 6) is 0. The summed E-state index contributed by atoms with van der Waals surface area (Å²) in [5, 5.41) is 12.7. The minimum Gasteiger partial charge on any atom is -0.392 e. The number of nitrogens with zero attached hydrogens (tertiary/aromatic N) is 1. The van der Waals surface area contributed by atoms with Gasteiger partial charge in [0.2, 0.25) is 0 Å². The average Bonchev–Trinajstić information content (AvgIpc) is 2.30. The third-order valence-electron chi connectivity index (χ3n) is 2.48. The summed E-state index contributed by atoms with van der Waals surface area (Å²) in [6.45, 7) is 9.64. The molecule has 1 heterocycles. The van der Waals surface area contributed by atoms with E-state index in [0.29, 0.717) is 11.5 Å². The average molecular weight is 200 g/mol. The molecule has 2 unspecified atom stereocenters.